The van der Waals surface area contributed by atoms with Crippen LogP contribution in [0.25, 0.3) is 0 Å². The predicted octanol–water partition coefficient (Wildman–Crippen LogP) is 3.33. The van der Waals surface area contributed by atoms with Gasteiger partial charge in [0.15, 0.2) is 0 Å². The highest BCUT2D eigenvalue weighted by Gasteiger charge is 2.10. The molecule has 3 N–H and O–H groups in total. The van der Waals surface area contributed by atoms with Gasteiger partial charge in [-0.3, -0.25) is 0 Å². The van der Waals surface area contributed by atoms with Crippen molar-refractivity contribution in [2.45, 2.75) is 33.1 Å². The standard InChI is InChI=1S/C15H22N2O3/c1-11(2)7-5-6-10-16-15(20)17-13-9-4-3-8-12(13)14(18)19/h3-4,8-9,11H,5-7,10H2,1-2H3,(H,18,19)(H2,16,17,20). The zero-order chi connectivity index (χ0) is 15.0. The van der Waals surface area contributed by atoms with Gasteiger partial charge in [-0.05, 0) is 24.5 Å². The topological polar surface area (TPSA) is 78.4 Å². The van der Waals surface area contributed by atoms with Crippen molar-refractivity contribution in [1.29, 1.82) is 0 Å². The van der Waals surface area contributed by atoms with Crippen LogP contribution in [0.4, 0.5) is 10.5 Å². The molecule has 0 saturated carbocycles. The molecule has 1 aromatic rings. The number of anilines is 1. The molecule has 5 heteroatoms. The molecule has 0 saturated heterocycles. The van der Waals surface area contributed by atoms with E-state index in [1.165, 1.54) is 6.07 Å². The van der Waals surface area contributed by atoms with Gasteiger partial charge in [0.2, 0.25) is 0 Å². The Bertz CT molecular complexity index is 458. The molecule has 0 fully saturated rings. The lowest BCUT2D eigenvalue weighted by Gasteiger charge is -2.10. The molecule has 0 atom stereocenters. The fraction of sp³-hybridized carbons (Fsp3) is 0.467. The maximum Gasteiger partial charge on any atom is 0.337 e. The molecule has 2 amide bonds. The Labute approximate surface area is 119 Å². The maximum atomic E-state index is 11.7. The molecule has 5 nitrogen and oxygen atoms in total. The van der Waals surface area contributed by atoms with Crippen molar-refractivity contribution in [3.05, 3.63) is 29.8 Å². The second-order valence-electron chi connectivity index (χ2n) is 5.12. The summed E-state index contributed by atoms with van der Waals surface area (Å²) in [4.78, 5) is 22.7. The van der Waals surface area contributed by atoms with E-state index in [4.69, 9.17) is 5.11 Å². The van der Waals surface area contributed by atoms with Crippen molar-refractivity contribution < 1.29 is 14.7 Å². The molecular formula is C15H22N2O3. The van der Waals surface area contributed by atoms with Gasteiger partial charge >= 0.3 is 12.0 Å². The van der Waals surface area contributed by atoms with E-state index in [1.54, 1.807) is 18.2 Å². The summed E-state index contributed by atoms with van der Waals surface area (Å²) in [5.41, 5.74) is 0.391. The number of amides is 2. The molecule has 0 bridgehead atoms. The highest BCUT2D eigenvalue weighted by molar-refractivity contribution is 5.99. The van der Waals surface area contributed by atoms with E-state index in [-0.39, 0.29) is 11.6 Å². The summed E-state index contributed by atoms with van der Waals surface area (Å²) in [5.74, 6) is -0.385. The first kappa shape index (κ1) is 16.0. The Morgan fingerprint density at radius 1 is 1.20 bits per heavy atom. The first-order valence-corrected chi connectivity index (χ1v) is 6.88. The van der Waals surface area contributed by atoms with E-state index in [1.807, 2.05) is 0 Å². The highest BCUT2D eigenvalue weighted by atomic mass is 16.4. The quantitative estimate of drug-likeness (QED) is 0.669. The number of carboxylic acids is 1. The third-order valence-electron chi connectivity index (χ3n) is 2.90. The number of hydrogen-bond donors (Lipinski definition) is 3. The molecule has 0 aliphatic rings. The number of aromatic carboxylic acids is 1. The van der Waals surface area contributed by atoms with E-state index in [2.05, 4.69) is 24.5 Å². The summed E-state index contributed by atoms with van der Waals surface area (Å²) in [6, 6.07) is 5.97. The Morgan fingerprint density at radius 3 is 2.55 bits per heavy atom. The van der Waals surface area contributed by atoms with Crippen LogP contribution in [-0.2, 0) is 0 Å². The van der Waals surface area contributed by atoms with Gasteiger partial charge in [0.25, 0.3) is 0 Å². The lowest BCUT2D eigenvalue weighted by molar-refractivity contribution is 0.0698. The van der Waals surface area contributed by atoms with Crippen molar-refractivity contribution in [2.24, 2.45) is 5.92 Å². The monoisotopic (exact) mass is 278 g/mol. The van der Waals surface area contributed by atoms with Crippen LogP contribution in [0.2, 0.25) is 0 Å². The molecule has 20 heavy (non-hydrogen) atoms. The van der Waals surface area contributed by atoms with Gasteiger partial charge in [-0.15, -0.1) is 0 Å². The summed E-state index contributed by atoms with van der Waals surface area (Å²) in [6.07, 6.45) is 3.14. The van der Waals surface area contributed by atoms with Crippen LogP contribution in [-0.4, -0.2) is 23.7 Å². The first-order valence-electron chi connectivity index (χ1n) is 6.88. The lowest BCUT2D eigenvalue weighted by atomic mass is 10.1. The SMILES string of the molecule is CC(C)CCCCNC(=O)Nc1ccccc1C(=O)O. The van der Waals surface area contributed by atoms with Crippen LogP contribution in [0.15, 0.2) is 24.3 Å². The number of hydrogen-bond acceptors (Lipinski definition) is 2. The van der Waals surface area contributed by atoms with E-state index >= 15 is 0 Å². The van der Waals surface area contributed by atoms with Gasteiger partial charge in [-0.25, -0.2) is 9.59 Å². The van der Waals surface area contributed by atoms with Crippen molar-refractivity contribution in [2.75, 3.05) is 11.9 Å². The number of carbonyl (C=O) groups excluding carboxylic acids is 1. The molecule has 1 aromatic carbocycles. The third kappa shape index (κ3) is 5.73. The van der Waals surface area contributed by atoms with Crippen molar-refractivity contribution in [3.63, 3.8) is 0 Å². The van der Waals surface area contributed by atoms with Crippen LogP contribution in [0, 0.1) is 5.92 Å². The van der Waals surface area contributed by atoms with E-state index in [0.717, 1.165) is 19.3 Å². The van der Waals surface area contributed by atoms with Gasteiger partial charge in [0.05, 0.1) is 11.3 Å². The van der Waals surface area contributed by atoms with Crippen molar-refractivity contribution >= 4 is 17.7 Å². The van der Waals surface area contributed by atoms with E-state index in [9.17, 15) is 9.59 Å². The summed E-state index contributed by atoms with van der Waals surface area (Å²) in [7, 11) is 0. The minimum atomic E-state index is -1.06. The van der Waals surface area contributed by atoms with E-state index < -0.39 is 5.97 Å². The average molecular weight is 278 g/mol. The molecule has 0 aliphatic heterocycles. The largest absolute Gasteiger partial charge is 0.478 e. The van der Waals surface area contributed by atoms with Gasteiger partial charge in [-0.1, -0.05) is 38.8 Å². The fourth-order valence-electron chi connectivity index (χ4n) is 1.82. The number of rotatable bonds is 7. The number of carboxylic acid groups (broad SMARTS) is 1. The van der Waals surface area contributed by atoms with Crippen molar-refractivity contribution in [1.82, 2.24) is 5.32 Å². The molecular weight excluding hydrogens is 256 g/mol. The molecule has 0 aliphatic carbocycles. The average Bonchev–Trinajstić information content (AvgIpc) is 2.38. The zero-order valence-corrected chi connectivity index (χ0v) is 12.0. The fourth-order valence-corrected chi connectivity index (χ4v) is 1.82. The summed E-state index contributed by atoms with van der Waals surface area (Å²) >= 11 is 0. The number of carbonyl (C=O) groups is 2. The van der Waals surface area contributed by atoms with Crippen molar-refractivity contribution in [3.8, 4) is 0 Å². The Morgan fingerprint density at radius 2 is 1.90 bits per heavy atom. The van der Waals surface area contributed by atoms with Crippen LogP contribution >= 0.6 is 0 Å². The van der Waals surface area contributed by atoms with Gasteiger partial charge in [0, 0.05) is 6.54 Å². The number of para-hydroxylation sites is 1. The molecule has 0 aromatic heterocycles. The number of benzene rings is 1. The highest BCUT2D eigenvalue weighted by Crippen LogP contribution is 2.14. The number of unbranched alkanes of at least 4 members (excludes halogenated alkanes) is 1. The van der Waals surface area contributed by atoms with Gasteiger partial charge in [0.1, 0.15) is 0 Å². The minimum absolute atomic E-state index is 0.0856. The molecule has 110 valence electrons. The Kier molecular flexibility index (Phi) is 6.56. The minimum Gasteiger partial charge on any atom is -0.478 e. The normalized spacial score (nSPS) is 10.3. The Hall–Kier alpha value is -2.04. The van der Waals surface area contributed by atoms with Crippen LogP contribution in [0.3, 0.4) is 0 Å². The summed E-state index contributed by atoms with van der Waals surface area (Å²) in [5, 5.41) is 14.3. The molecule has 0 unspecified atom stereocenters. The lowest BCUT2D eigenvalue weighted by Crippen LogP contribution is -2.30. The van der Waals surface area contributed by atoms with E-state index in [0.29, 0.717) is 18.2 Å². The van der Waals surface area contributed by atoms with Crippen LogP contribution in [0.1, 0.15) is 43.5 Å². The number of urea groups is 1. The maximum absolute atomic E-state index is 11.7. The predicted molar refractivity (Wildman–Crippen MR) is 79.1 cm³/mol. The van der Waals surface area contributed by atoms with Crippen LogP contribution in [0.5, 0.6) is 0 Å². The summed E-state index contributed by atoms with van der Waals surface area (Å²) < 4.78 is 0. The third-order valence-corrected chi connectivity index (χ3v) is 2.90. The molecule has 0 spiro atoms. The molecule has 0 heterocycles. The smallest absolute Gasteiger partial charge is 0.337 e. The second-order valence-corrected chi connectivity index (χ2v) is 5.12. The van der Waals surface area contributed by atoms with Crippen LogP contribution < -0.4 is 10.6 Å². The second kappa shape index (κ2) is 8.19. The van der Waals surface area contributed by atoms with Gasteiger partial charge in [-0.2, -0.15) is 0 Å². The zero-order valence-electron chi connectivity index (χ0n) is 12.0. The molecule has 1 rings (SSSR count). The first-order chi connectivity index (χ1) is 9.50. The summed E-state index contributed by atoms with van der Waals surface area (Å²) in [6.45, 7) is 4.93. The van der Waals surface area contributed by atoms with Gasteiger partial charge < -0.3 is 15.7 Å². The number of nitrogens with one attached hydrogen (secondary N) is 2. The Balaban J connectivity index is 2.37. The molecule has 0 radical (unpaired) electrons.